The minimum atomic E-state index is -0.694. The fourth-order valence-electron chi connectivity index (χ4n) is 2.47. The maximum Gasteiger partial charge on any atom is 0.128 e. The molecule has 1 saturated heterocycles. The third-order valence-electron chi connectivity index (χ3n) is 3.75. The molecule has 0 amide bonds. The molecule has 0 saturated carbocycles. The van der Waals surface area contributed by atoms with Crippen LogP contribution in [0.5, 0.6) is 5.75 Å². The molecule has 2 rings (SSSR count). The lowest BCUT2D eigenvalue weighted by molar-refractivity contribution is -0.0567. The molecule has 1 unspecified atom stereocenters. The third kappa shape index (κ3) is 4.40. The first-order chi connectivity index (χ1) is 9.97. The fraction of sp³-hybridized carbons (Fsp3) is 0.625. The second-order valence-corrected chi connectivity index (χ2v) is 5.75. The van der Waals surface area contributed by atoms with Gasteiger partial charge >= 0.3 is 0 Å². The minimum Gasteiger partial charge on any atom is -0.490 e. The summed E-state index contributed by atoms with van der Waals surface area (Å²) in [6.07, 6.45) is -0.730. The molecule has 1 fully saturated rings. The first kappa shape index (κ1) is 16.2. The Morgan fingerprint density at radius 3 is 2.86 bits per heavy atom. The van der Waals surface area contributed by atoms with E-state index in [1.165, 1.54) is 12.1 Å². The van der Waals surface area contributed by atoms with E-state index in [0.29, 0.717) is 30.6 Å². The van der Waals surface area contributed by atoms with E-state index in [-0.39, 0.29) is 11.9 Å². The van der Waals surface area contributed by atoms with Gasteiger partial charge in [-0.3, -0.25) is 4.90 Å². The first-order valence-corrected chi connectivity index (χ1v) is 7.43. The average Bonchev–Trinajstić information content (AvgIpc) is 2.45. The van der Waals surface area contributed by atoms with Gasteiger partial charge in [0.25, 0.3) is 0 Å². The van der Waals surface area contributed by atoms with Gasteiger partial charge in [0.1, 0.15) is 24.3 Å². The second-order valence-electron chi connectivity index (χ2n) is 5.75. The van der Waals surface area contributed by atoms with Crippen molar-refractivity contribution in [2.24, 2.45) is 0 Å². The summed E-state index contributed by atoms with van der Waals surface area (Å²) in [5.74, 6) is 0.0121. The Morgan fingerprint density at radius 1 is 1.43 bits per heavy atom. The summed E-state index contributed by atoms with van der Waals surface area (Å²) in [6.45, 7) is 8.70. The molecule has 1 aliphatic rings. The number of halogens is 1. The molecule has 1 N–H and O–H groups in total. The molecule has 0 radical (unpaired) electrons. The smallest absolute Gasteiger partial charge is 0.128 e. The van der Waals surface area contributed by atoms with Crippen molar-refractivity contribution >= 4 is 0 Å². The molecule has 1 aromatic rings. The van der Waals surface area contributed by atoms with Gasteiger partial charge in [-0.25, -0.2) is 4.39 Å². The highest BCUT2D eigenvalue weighted by Gasteiger charge is 2.23. The minimum absolute atomic E-state index is 0.0359. The van der Waals surface area contributed by atoms with Crippen LogP contribution in [-0.2, 0) is 4.74 Å². The van der Waals surface area contributed by atoms with Crippen LogP contribution in [0.3, 0.4) is 0 Å². The standard InChI is InChI=1S/C16H24FNO3/c1-11(2)18-6-7-20-14(9-18)10-21-16-8-13(17)4-5-15(16)12(3)19/h4-5,8,11-12,14,19H,6-7,9-10H2,1-3H3/t12-,14?/m1/s1. The molecule has 1 aliphatic heterocycles. The van der Waals surface area contributed by atoms with Crippen molar-refractivity contribution in [1.82, 2.24) is 4.90 Å². The summed E-state index contributed by atoms with van der Waals surface area (Å²) in [6, 6.07) is 4.66. The predicted molar refractivity (Wildman–Crippen MR) is 79.0 cm³/mol. The molecule has 5 heteroatoms. The van der Waals surface area contributed by atoms with Crippen LogP contribution in [0.25, 0.3) is 0 Å². The number of benzene rings is 1. The van der Waals surface area contributed by atoms with Gasteiger partial charge in [0.05, 0.1) is 12.7 Å². The van der Waals surface area contributed by atoms with Gasteiger partial charge in [0.2, 0.25) is 0 Å². The Morgan fingerprint density at radius 2 is 2.19 bits per heavy atom. The van der Waals surface area contributed by atoms with Crippen LogP contribution in [0.4, 0.5) is 4.39 Å². The molecule has 2 atom stereocenters. The zero-order chi connectivity index (χ0) is 15.4. The monoisotopic (exact) mass is 297 g/mol. The van der Waals surface area contributed by atoms with E-state index in [4.69, 9.17) is 9.47 Å². The largest absolute Gasteiger partial charge is 0.490 e. The van der Waals surface area contributed by atoms with Gasteiger partial charge in [0.15, 0.2) is 0 Å². The van der Waals surface area contributed by atoms with Crippen LogP contribution in [0.2, 0.25) is 0 Å². The van der Waals surface area contributed by atoms with E-state index in [0.717, 1.165) is 13.1 Å². The molecule has 21 heavy (non-hydrogen) atoms. The normalized spacial score (nSPS) is 21.5. The Balaban J connectivity index is 1.98. The summed E-state index contributed by atoms with van der Waals surface area (Å²) in [5, 5.41) is 9.71. The van der Waals surface area contributed by atoms with Crippen molar-refractivity contribution in [3.63, 3.8) is 0 Å². The van der Waals surface area contributed by atoms with E-state index in [1.807, 2.05) is 0 Å². The van der Waals surface area contributed by atoms with Crippen molar-refractivity contribution < 1.29 is 19.0 Å². The molecular formula is C16H24FNO3. The van der Waals surface area contributed by atoms with E-state index < -0.39 is 6.10 Å². The molecule has 118 valence electrons. The Labute approximate surface area is 125 Å². The van der Waals surface area contributed by atoms with Crippen LogP contribution in [0.15, 0.2) is 18.2 Å². The Bertz CT molecular complexity index is 465. The van der Waals surface area contributed by atoms with Crippen LogP contribution < -0.4 is 4.74 Å². The SMILES string of the molecule is CC(C)N1CCOC(COc2cc(F)ccc2[C@@H](C)O)C1. The molecule has 0 bridgehead atoms. The van der Waals surface area contributed by atoms with Gasteiger partial charge in [-0.15, -0.1) is 0 Å². The summed E-state index contributed by atoms with van der Waals surface area (Å²) in [7, 11) is 0. The van der Waals surface area contributed by atoms with Crippen LogP contribution in [-0.4, -0.2) is 48.5 Å². The highest BCUT2D eigenvalue weighted by molar-refractivity contribution is 5.35. The van der Waals surface area contributed by atoms with E-state index in [1.54, 1.807) is 13.0 Å². The van der Waals surface area contributed by atoms with Crippen molar-refractivity contribution in [3.05, 3.63) is 29.6 Å². The van der Waals surface area contributed by atoms with Crippen molar-refractivity contribution in [3.8, 4) is 5.75 Å². The highest BCUT2D eigenvalue weighted by Crippen LogP contribution is 2.26. The van der Waals surface area contributed by atoms with Crippen LogP contribution in [0.1, 0.15) is 32.4 Å². The second kappa shape index (κ2) is 7.20. The molecule has 0 aromatic heterocycles. The highest BCUT2D eigenvalue weighted by atomic mass is 19.1. The third-order valence-corrected chi connectivity index (χ3v) is 3.75. The van der Waals surface area contributed by atoms with E-state index in [2.05, 4.69) is 18.7 Å². The average molecular weight is 297 g/mol. The topological polar surface area (TPSA) is 41.9 Å². The van der Waals surface area contributed by atoms with Gasteiger partial charge in [-0.2, -0.15) is 0 Å². The lowest BCUT2D eigenvalue weighted by atomic mass is 10.1. The number of morpholine rings is 1. The molecular weight excluding hydrogens is 273 g/mol. The fourth-order valence-corrected chi connectivity index (χ4v) is 2.47. The zero-order valence-electron chi connectivity index (χ0n) is 12.9. The van der Waals surface area contributed by atoms with Crippen molar-refractivity contribution in [2.45, 2.75) is 39.0 Å². The number of ether oxygens (including phenoxy) is 2. The van der Waals surface area contributed by atoms with Crippen LogP contribution in [0, 0.1) is 5.82 Å². The van der Waals surface area contributed by atoms with Gasteiger partial charge in [0, 0.05) is 30.8 Å². The number of hydrogen-bond acceptors (Lipinski definition) is 4. The maximum atomic E-state index is 13.3. The summed E-state index contributed by atoms with van der Waals surface area (Å²) >= 11 is 0. The lowest BCUT2D eigenvalue weighted by Gasteiger charge is -2.35. The molecule has 0 aliphatic carbocycles. The van der Waals surface area contributed by atoms with Gasteiger partial charge in [-0.1, -0.05) is 0 Å². The van der Waals surface area contributed by atoms with Gasteiger partial charge < -0.3 is 14.6 Å². The zero-order valence-corrected chi connectivity index (χ0v) is 12.9. The van der Waals surface area contributed by atoms with Gasteiger partial charge in [-0.05, 0) is 32.9 Å². The summed E-state index contributed by atoms with van der Waals surface area (Å²) < 4.78 is 24.7. The first-order valence-electron chi connectivity index (χ1n) is 7.43. The predicted octanol–water partition coefficient (Wildman–Crippen LogP) is 2.37. The van der Waals surface area contributed by atoms with Crippen molar-refractivity contribution in [1.29, 1.82) is 0 Å². The summed E-state index contributed by atoms with van der Waals surface area (Å²) in [5.41, 5.74) is 0.591. The quantitative estimate of drug-likeness (QED) is 0.906. The van der Waals surface area contributed by atoms with Crippen molar-refractivity contribution in [2.75, 3.05) is 26.3 Å². The number of rotatable bonds is 5. The number of hydrogen-bond donors (Lipinski definition) is 1. The number of nitrogens with zero attached hydrogens (tertiary/aromatic N) is 1. The van der Waals surface area contributed by atoms with E-state index >= 15 is 0 Å². The Kier molecular flexibility index (Phi) is 5.56. The van der Waals surface area contributed by atoms with E-state index in [9.17, 15) is 9.50 Å². The number of aliphatic hydroxyl groups excluding tert-OH is 1. The Hall–Kier alpha value is -1.17. The molecule has 1 aromatic carbocycles. The van der Waals surface area contributed by atoms with Crippen LogP contribution >= 0.6 is 0 Å². The maximum absolute atomic E-state index is 13.3. The molecule has 4 nitrogen and oxygen atoms in total. The molecule has 0 spiro atoms. The molecule has 1 heterocycles. The lowest BCUT2D eigenvalue weighted by Crippen LogP contribution is -2.47. The number of aliphatic hydroxyl groups is 1. The summed E-state index contributed by atoms with van der Waals surface area (Å²) in [4.78, 5) is 2.33.